The third kappa shape index (κ3) is 2.52. The number of nitrogens with zero attached hydrogens (tertiary/aromatic N) is 1. The second kappa shape index (κ2) is 4.75. The summed E-state index contributed by atoms with van der Waals surface area (Å²) in [6.45, 7) is 1.31. The van der Waals surface area contributed by atoms with Crippen LogP contribution in [0.1, 0.15) is 24.1 Å². The molecule has 6 heteroatoms. The van der Waals surface area contributed by atoms with E-state index in [2.05, 4.69) is 0 Å². The van der Waals surface area contributed by atoms with Gasteiger partial charge in [-0.3, -0.25) is 0 Å². The number of rotatable bonds is 1. The lowest BCUT2D eigenvalue weighted by molar-refractivity contribution is -0.185. The fourth-order valence-corrected chi connectivity index (χ4v) is 2.56. The summed E-state index contributed by atoms with van der Waals surface area (Å²) in [7, 11) is 0. The van der Waals surface area contributed by atoms with Crippen molar-refractivity contribution in [2.24, 2.45) is 11.7 Å². The van der Waals surface area contributed by atoms with E-state index >= 15 is 0 Å². The molecule has 19 heavy (non-hydrogen) atoms. The van der Waals surface area contributed by atoms with Gasteiger partial charge in [0, 0.05) is 6.54 Å². The van der Waals surface area contributed by atoms with E-state index in [4.69, 9.17) is 5.73 Å². The first-order chi connectivity index (χ1) is 8.82. The van der Waals surface area contributed by atoms with Crippen molar-refractivity contribution in [3.8, 4) is 0 Å². The smallest absolute Gasteiger partial charge is 0.351 e. The van der Waals surface area contributed by atoms with Crippen LogP contribution in [-0.2, 0) is 6.42 Å². The van der Waals surface area contributed by atoms with Gasteiger partial charge in [0.2, 0.25) is 0 Å². The summed E-state index contributed by atoms with van der Waals surface area (Å²) in [4.78, 5) is 12.5. The van der Waals surface area contributed by atoms with Gasteiger partial charge in [-0.25, -0.2) is 4.79 Å². The summed E-state index contributed by atoms with van der Waals surface area (Å²) in [6.07, 6.45) is -3.84. The van der Waals surface area contributed by atoms with E-state index in [-0.39, 0.29) is 6.54 Å². The predicted molar refractivity (Wildman–Crippen MR) is 64.4 cm³/mol. The molecule has 1 aromatic carbocycles. The molecule has 0 aromatic heterocycles. The number of hydrogen-bond donors (Lipinski definition) is 1. The molecule has 1 unspecified atom stereocenters. The quantitative estimate of drug-likeness (QED) is 0.839. The maximum atomic E-state index is 13.0. The van der Waals surface area contributed by atoms with E-state index in [0.29, 0.717) is 12.0 Å². The number of urea groups is 1. The fourth-order valence-electron chi connectivity index (χ4n) is 2.56. The number of hydrogen-bond acceptors (Lipinski definition) is 1. The molecular formula is C13H15F3N2O. The maximum Gasteiger partial charge on any atom is 0.393 e. The van der Waals surface area contributed by atoms with Gasteiger partial charge < -0.3 is 10.6 Å². The minimum Gasteiger partial charge on any atom is -0.351 e. The van der Waals surface area contributed by atoms with Crippen LogP contribution in [0.2, 0.25) is 0 Å². The van der Waals surface area contributed by atoms with Crippen LogP contribution in [0.25, 0.3) is 0 Å². The second-order valence-electron chi connectivity index (χ2n) is 4.76. The van der Waals surface area contributed by atoms with Gasteiger partial charge in [0.1, 0.15) is 0 Å². The van der Waals surface area contributed by atoms with Crippen LogP contribution < -0.4 is 5.73 Å². The van der Waals surface area contributed by atoms with Crippen molar-refractivity contribution >= 4 is 6.03 Å². The number of carbonyl (C=O) groups is 1. The topological polar surface area (TPSA) is 46.3 Å². The molecule has 0 aliphatic carbocycles. The normalized spacial score (nSPS) is 20.8. The van der Waals surface area contributed by atoms with Crippen molar-refractivity contribution in [3.63, 3.8) is 0 Å². The Bertz CT molecular complexity index is 487. The highest BCUT2D eigenvalue weighted by atomic mass is 19.4. The Hall–Kier alpha value is -1.72. The zero-order valence-electron chi connectivity index (χ0n) is 10.4. The zero-order chi connectivity index (χ0) is 14.2. The van der Waals surface area contributed by atoms with E-state index in [1.807, 2.05) is 0 Å². The molecule has 0 spiro atoms. The number of carbonyl (C=O) groups excluding carboxylic acids is 1. The van der Waals surface area contributed by atoms with Crippen LogP contribution in [0.3, 0.4) is 0 Å². The van der Waals surface area contributed by atoms with Gasteiger partial charge in [-0.2, -0.15) is 13.2 Å². The lowest BCUT2D eigenvalue weighted by Gasteiger charge is -2.40. The van der Waals surface area contributed by atoms with Gasteiger partial charge in [-0.15, -0.1) is 0 Å². The number of amides is 2. The van der Waals surface area contributed by atoms with Gasteiger partial charge >= 0.3 is 12.2 Å². The molecular weight excluding hydrogens is 257 g/mol. The highest BCUT2D eigenvalue weighted by molar-refractivity contribution is 5.73. The van der Waals surface area contributed by atoms with Crippen LogP contribution in [0.5, 0.6) is 0 Å². The van der Waals surface area contributed by atoms with Crippen molar-refractivity contribution in [2.45, 2.75) is 25.6 Å². The summed E-state index contributed by atoms with van der Waals surface area (Å²) >= 11 is 0. The third-order valence-corrected chi connectivity index (χ3v) is 3.60. The third-order valence-electron chi connectivity index (χ3n) is 3.60. The Morgan fingerprint density at radius 2 is 2.05 bits per heavy atom. The Morgan fingerprint density at radius 1 is 1.42 bits per heavy atom. The molecule has 1 aliphatic heterocycles. The molecule has 0 saturated carbocycles. The van der Waals surface area contributed by atoms with Crippen LogP contribution in [-0.4, -0.2) is 23.7 Å². The standard InChI is InChI=1S/C13H15F3N2O/c1-8(13(14,15)16)11-10-5-3-2-4-9(10)6-7-18(11)12(17)19/h2-5,8,11H,6-7H2,1H3,(H2,17,19)/t8-,11?/m1/s1. The van der Waals surface area contributed by atoms with Gasteiger partial charge in [-0.1, -0.05) is 31.2 Å². The molecule has 1 aliphatic rings. The van der Waals surface area contributed by atoms with Gasteiger partial charge in [0.25, 0.3) is 0 Å². The summed E-state index contributed by atoms with van der Waals surface area (Å²) in [5, 5.41) is 0. The summed E-state index contributed by atoms with van der Waals surface area (Å²) in [5.41, 5.74) is 6.60. The Morgan fingerprint density at radius 3 is 2.63 bits per heavy atom. The fraction of sp³-hybridized carbons (Fsp3) is 0.462. The molecule has 0 saturated heterocycles. The van der Waals surface area contributed by atoms with Crippen LogP contribution in [0.15, 0.2) is 24.3 Å². The molecule has 2 atom stereocenters. The van der Waals surface area contributed by atoms with Gasteiger partial charge in [-0.05, 0) is 17.5 Å². The van der Waals surface area contributed by atoms with Crippen molar-refractivity contribution in [2.75, 3.05) is 6.54 Å². The summed E-state index contributed by atoms with van der Waals surface area (Å²) in [6, 6.07) is 5.05. The van der Waals surface area contributed by atoms with Crippen molar-refractivity contribution in [1.82, 2.24) is 4.90 Å². The molecule has 3 nitrogen and oxygen atoms in total. The van der Waals surface area contributed by atoms with E-state index in [9.17, 15) is 18.0 Å². The largest absolute Gasteiger partial charge is 0.393 e. The molecule has 2 amide bonds. The number of alkyl halides is 3. The first kappa shape index (κ1) is 13.7. The first-order valence-electron chi connectivity index (χ1n) is 6.03. The lowest BCUT2D eigenvalue weighted by atomic mass is 9.85. The summed E-state index contributed by atoms with van der Waals surface area (Å²) < 4.78 is 39.0. The average Bonchev–Trinajstić information content (AvgIpc) is 2.35. The SMILES string of the molecule is C[C@H](C1c2ccccc2CCN1C(N)=O)C(F)(F)F. The van der Waals surface area contributed by atoms with Gasteiger partial charge in [0.05, 0.1) is 12.0 Å². The van der Waals surface area contributed by atoms with E-state index in [1.54, 1.807) is 24.3 Å². The molecule has 0 bridgehead atoms. The van der Waals surface area contributed by atoms with Crippen molar-refractivity contribution in [1.29, 1.82) is 0 Å². The zero-order valence-corrected chi connectivity index (χ0v) is 10.4. The van der Waals surface area contributed by atoms with Gasteiger partial charge in [0.15, 0.2) is 0 Å². The molecule has 2 N–H and O–H groups in total. The Kier molecular flexibility index (Phi) is 3.43. The van der Waals surface area contributed by atoms with Crippen molar-refractivity contribution in [3.05, 3.63) is 35.4 Å². The van der Waals surface area contributed by atoms with E-state index in [0.717, 1.165) is 17.4 Å². The predicted octanol–water partition coefficient (Wildman–Crippen LogP) is 2.86. The highest BCUT2D eigenvalue weighted by Gasteiger charge is 2.46. The van der Waals surface area contributed by atoms with Crippen LogP contribution in [0.4, 0.5) is 18.0 Å². The minimum atomic E-state index is -4.37. The monoisotopic (exact) mass is 272 g/mol. The van der Waals surface area contributed by atoms with E-state index < -0.39 is 24.2 Å². The molecule has 2 rings (SSSR count). The minimum absolute atomic E-state index is 0.220. The second-order valence-corrected chi connectivity index (χ2v) is 4.76. The molecule has 0 fully saturated rings. The number of nitrogens with two attached hydrogens (primary N) is 1. The Labute approximate surface area is 109 Å². The Balaban J connectivity index is 2.47. The average molecular weight is 272 g/mol. The van der Waals surface area contributed by atoms with E-state index in [1.165, 1.54) is 0 Å². The van der Waals surface area contributed by atoms with Crippen LogP contribution in [0, 0.1) is 5.92 Å². The highest BCUT2D eigenvalue weighted by Crippen LogP contribution is 2.42. The number of fused-ring (bicyclic) bond motifs is 1. The first-order valence-corrected chi connectivity index (χ1v) is 6.03. The maximum absolute atomic E-state index is 13.0. The van der Waals surface area contributed by atoms with Crippen molar-refractivity contribution < 1.29 is 18.0 Å². The van der Waals surface area contributed by atoms with Crippen LogP contribution >= 0.6 is 0 Å². The summed E-state index contributed by atoms with van der Waals surface area (Å²) in [5.74, 6) is -1.65. The number of benzene rings is 1. The number of halogens is 3. The molecule has 104 valence electrons. The lowest BCUT2D eigenvalue weighted by Crippen LogP contribution is -2.48. The molecule has 0 radical (unpaired) electrons. The molecule has 1 heterocycles. The molecule has 1 aromatic rings. The number of primary amides is 1.